The van der Waals surface area contributed by atoms with E-state index in [4.69, 9.17) is 0 Å². The van der Waals surface area contributed by atoms with Crippen LogP contribution >= 0.6 is 15.9 Å². The third kappa shape index (κ3) is 2.82. The molecule has 88 valence electrons. The van der Waals surface area contributed by atoms with Crippen molar-refractivity contribution in [3.05, 3.63) is 51.0 Å². The van der Waals surface area contributed by atoms with Crippen LogP contribution in [0.1, 0.15) is 5.82 Å². The summed E-state index contributed by atoms with van der Waals surface area (Å²) in [6.45, 7) is 0.412. The molecule has 1 heterocycles. The average Bonchev–Trinajstić information content (AvgIpc) is 2.80. The lowest BCUT2D eigenvalue weighted by Gasteiger charge is -2.05. The van der Waals surface area contributed by atoms with Gasteiger partial charge in [-0.2, -0.15) is 0 Å². The second-order valence-corrected chi connectivity index (χ2v) is 4.22. The number of halogens is 1. The Morgan fingerprint density at radius 1 is 1.53 bits per heavy atom. The van der Waals surface area contributed by atoms with Crippen molar-refractivity contribution >= 4 is 27.3 Å². The molecule has 0 saturated carbocycles. The van der Waals surface area contributed by atoms with Gasteiger partial charge in [-0.05, 0) is 12.1 Å². The molecule has 0 radical (unpaired) electrons. The van der Waals surface area contributed by atoms with Crippen LogP contribution in [0.5, 0.6) is 0 Å². The van der Waals surface area contributed by atoms with Crippen LogP contribution in [0.2, 0.25) is 0 Å². The summed E-state index contributed by atoms with van der Waals surface area (Å²) in [5.41, 5.74) is 0.500. The normalized spacial score (nSPS) is 10.2. The number of nitro groups is 1. The number of aromatic amines is 1. The third-order valence-electron chi connectivity index (χ3n) is 2.16. The summed E-state index contributed by atoms with van der Waals surface area (Å²) in [6, 6.07) is 4.87. The van der Waals surface area contributed by atoms with E-state index < -0.39 is 4.92 Å². The lowest BCUT2D eigenvalue weighted by Crippen LogP contribution is -2.03. The quantitative estimate of drug-likeness (QED) is 0.671. The fourth-order valence-electron chi connectivity index (χ4n) is 1.38. The van der Waals surface area contributed by atoms with Crippen LogP contribution < -0.4 is 5.32 Å². The Labute approximate surface area is 105 Å². The van der Waals surface area contributed by atoms with Crippen LogP contribution in [-0.4, -0.2) is 14.9 Å². The highest BCUT2D eigenvalue weighted by Crippen LogP contribution is 2.28. The van der Waals surface area contributed by atoms with E-state index in [1.807, 2.05) is 0 Å². The molecule has 1 aromatic carbocycles. The van der Waals surface area contributed by atoms with Crippen LogP contribution in [0.25, 0.3) is 0 Å². The molecule has 0 aliphatic heterocycles. The highest BCUT2D eigenvalue weighted by Gasteiger charge is 2.13. The number of nitro benzene ring substituents is 1. The molecule has 0 saturated heterocycles. The van der Waals surface area contributed by atoms with Gasteiger partial charge in [0.15, 0.2) is 0 Å². The van der Waals surface area contributed by atoms with Gasteiger partial charge in [-0.25, -0.2) is 4.98 Å². The zero-order valence-corrected chi connectivity index (χ0v) is 10.3. The molecular formula is C10H9BrN4O2. The lowest BCUT2D eigenvalue weighted by atomic mass is 10.2. The zero-order chi connectivity index (χ0) is 12.3. The number of hydrogen-bond acceptors (Lipinski definition) is 4. The summed E-state index contributed by atoms with van der Waals surface area (Å²) in [4.78, 5) is 17.4. The molecule has 0 aliphatic carbocycles. The summed E-state index contributed by atoms with van der Waals surface area (Å²) in [7, 11) is 0. The topological polar surface area (TPSA) is 83.8 Å². The van der Waals surface area contributed by atoms with Crippen LogP contribution in [0, 0.1) is 10.1 Å². The number of nitrogens with one attached hydrogen (secondary N) is 2. The van der Waals surface area contributed by atoms with Gasteiger partial charge >= 0.3 is 0 Å². The largest absolute Gasteiger partial charge is 0.372 e. The van der Waals surface area contributed by atoms with Crippen molar-refractivity contribution in [1.82, 2.24) is 9.97 Å². The maximum Gasteiger partial charge on any atom is 0.293 e. The van der Waals surface area contributed by atoms with Crippen LogP contribution in [0.4, 0.5) is 11.4 Å². The Morgan fingerprint density at radius 3 is 3.00 bits per heavy atom. The van der Waals surface area contributed by atoms with Crippen molar-refractivity contribution < 1.29 is 4.92 Å². The summed E-state index contributed by atoms with van der Waals surface area (Å²) in [6.07, 6.45) is 3.33. The SMILES string of the molecule is O=[N+]([O-])c1cc(Br)ccc1NCc1ncc[nH]1. The Kier molecular flexibility index (Phi) is 3.38. The molecule has 0 fully saturated rings. The molecule has 0 aliphatic rings. The van der Waals surface area contributed by atoms with E-state index in [2.05, 4.69) is 31.2 Å². The number of anilines is 1. The Balaban J connectivity index is 2.17. The Bertz CT molecular complexity index is 527. The molecule has 0 amide bonds. The van der Waals surface area contributed by atoms with E-state index in [0.717, 1.165) is 5.82 Å². The standard InChI is InChI=1S/C10H9BrN4O2/c11-7-1-2-8(9(5-7)15(16)17)14-6-10-12-3-4-13-10/h1-5,14H,6H2,(H,12,13). The number of H-pyrrole nitrogens is 1. The third-order valence-corrected chi connectivity index (χ3v) is 2.65. The monoisotopic (exact) mass is 296 g/mol. The van der Waals surface area contributed by atoms with Gasteiger partial charge in [-0.1, -0.05) is 15.9 Å². The minimum Gasteiger partial charge on any atom is -0.372 e. The minimum atomic E-state index is -0.421. The van der Waals surface area contributed by atoms with Gasteiger partial charge in [0, 0.05) is 22.9 Å². The highest BCUT2D eigenvalue weighted by atomic mass is 79.9. The van der Waals surface area contributed by atoms with Crippen molar-refractivity contribution in [3.8, 4) is 0 Å². The first-order chi connectivity index (χ1) is 8.16. The maximum absolute atomic E-state index is 10.9. The minimum absolute atomic E-state index is 0.0333. The van der Waals surface area contributed by atoms with E-state index in [1.165, 1.54) is 6.07 Å². The van der Waals surface area contributed by atoms with Crippen LogP contribution in [-0.2, 0) is 6.54 Å². The Hall–Kier alpha value is -1.89. The molecule has 2 aromatic rings. The first-order valence-corrected chi connectivity index (χ1v) is 5.62. The molecule has 6 nitrogen and oxygen atoms in total. The predicted octanol–water partition coefficient (Wildman–Crippen LogP) is 2.69. The molecule has 0 spiro atoms. The van der Waals surface area contributed by atoms with Crippen molar-refractivity contribution in [3.63, 3.8) is 0 Å². The maximum atomic E-state index is 10.9. The Morgan fingerprint density at radius 2 is 2.35 bits per heavy atom. The molecular weight excluding hydrogens is 288 g/mol. The van der Waals surface area contributed by atoms with Gasteiger partial charge in [0.2, 0.25) is 0 Å². The van der Waals surface area contributed by atoms with Crippen LogP contribution in [0.3, 0.4) is 0 Å². The van der Waals surface area contributed by atoms with Gasteiger partial charge in [-0.3, -0.25) is 10.1 Å². The van der Waals surface area contributed by atoms with Gasteiger partial charge in [-0.15, -0.1) is 0 Å². The second-order valence-electron chi connectivity index (χ2n) is 3.31. The molecule has 0 unspecified atom stereocenters. The number of benzene rings is 1. The van der Waals surface area contributed by atoms with Gasteiger partial charge in [0.25, 0.3) is 5.69 Å². The second kappa shape index (κ2) is 4.96. The van der Waals surface area contributed by atoms with Crippen molar-refractivity contribution in [1.29, 1.82) is 0 Å². The summed E-state index contributed by atoms with van der Waals surface area (Å²) < 4.78 is 0.674. The molecule has 17 heavy (non-hydrogen) atoms. The average molecular weight is 297 g/mol. The molecule has 2 N–H and O–H groups in total. The summed E-state index contributed by atoms with van der Waals surface area (Å²) >= 11 is 3.20. The summed E-state index contributed by atoms with van der Waals surface area (Å²) in [5.74, 6) is 0.724. The molecule has 0 atom stereocenters. The van der Waals surface area contributed by atoms with E-state index in [1.54, 1.807) is 24.5 Å². The van der Waals surface area contributed by atoms with Gasteiger partial charge in [0.05, 0.1) is 11.5 Å². The van der Waals surface area contributed by atoms with E-state index in [-0.39, 0.29) is 5.69 Å². The molecule has 1 aromatic heterocycles. The number of rotatable bonds is 4. The highest BCUT2D eigenvalue weighted by molar-refractivity contribution is 9.10. The number of nitrogens with zero attached hydrogens (tertiary/aromatic N) is 2. The first-order valence-electron chi connectivity index (χ1n) is 4.83. The number of hydrogen-bond donors (Lipinski definition) is 2. The molecule has 2 rings (SSSR count). The zero-order valence-electron chi connectivity index (χ0n) is 8.68. The lowest BCUT2D eigenvalue weighted by molar-refractivity contribution is -0.384. The van der Waals surface area contributed by atoms with Gasteiger partial charge in [0.1, 0.15) is 11.5 Å². The van der Waals surface area contributed by atoms with Crippen molar-refractivity contribution in [2.45, 2.75) is 6.54 Å². The van der Waals surface area contributed by atoms with E-state index >= 15 is 0 Å². The first kappa shape index (κ1) is 11.6. The fourth-order valence-corrected chi connectivity index (χ4v) is 1.73. The van der Waals surface area contributed by atoms with Crippen molar-refractivity contribution in [2.75, 3.05) is 5.32 Å². The summed E-state index contributed by atoms with van der Waals surface area (Å²) in [5, 5.41) is 13.8. The van der Waals surface area contributed by atoms with E-state index in [9.17, 15) is 10.1 Å². The van der Waals surface area contributed by atoms with Crippen molar-refractivity contribution in [2.24, 2.45) is 0 Å². The number of imidazole rings is 1. The molecule has 0 bridgehead atoms. The smallest absolute Gasteiger partial charge is 0.293 e. The van der Waals surface area contributed by atoms with Gasteiger partial charge < -0.3 is 10.3 Å². The van der Waals surface area contributed by atoms with Crippen LogP contribution in [0.15, 0.2) is 35.1 Å². The fraction of sp³-hybridized carbons (Fsp3) is 0.100. The molecule has 7 heteroatoms. The van der Waals surface area contributed by atoms with E-state index in [0.29, 0.717) is 16.7 Å². The number of aromatic nitrogens is 2. The predicted molar refractivity (Wildman–Crippen MR) is 66.7 cm³/mol.